The van der Waals surface area contributed by atoms with E-state index in [2.05, 4.69) is 25.0 Å². The van der Waals surface area contributed by atoms with Crippen molar-refractivity contribution in [2.45, 2.75) is 38.4 Å². The molecular weight excluding hydrogens is 244 g/mol. The van der Waals surface area contributed by atoms with Crippen LogP contribution in [-0.2, 0) is 17.9 Å². The highest BCUT2D eigenvalue weighted by atomic mass is 16.1. The van der Waals surface area contributed by atoms with Crippen LogP contribution in [0.5, 0.6) is 0 Å². The van der Waals surface area contributed by atoms with Crippen molar-refractivity contribution in [3.63, 3.8) is 0 Å². The molecule has 1 atom stereocenters. The number of nitrogens with zero attached hydrogens (tertiary/aromatic N) is 4. The Morgan fingerprint density at radius 3 is 3.05 bits per heavy atom. The molecule has 7 heteroatoms. The molecule has 0 bridgehead atoms. The second kappa shape index (κ2) is 5.66. The summed E-state index contributed by atoms with van der Waals surface area (Å²) in [7, 11) is 1.77. The Labute approximate surface area is 113 Å². The molecule has 1 aromatic heterocycles. The summed E-state index contributed by atoms with van der Waals surface area (Å²) in [5.74, 6) is 0.714. The maximum Gasteiger partial charge on any atom is 0.237 e. The minimum atomic E-state index is -0.615. The summed E-state index contributed by atoms with van der Waals surface area (Å²) < 4.78 is 2.08. The topological polar surface area (TPSA) is 89.1 Å². The lowest BCUT2D eigenvalue weighted by molar-refractivity contribution is -0.123. The molecule has 0 saturated heterocycles. The number of amides is 1. The summed E-state index contributed by atoms with van der Waals surface area (Å²) in [4.78, 5) is 13.7. The van der Waals surface area contributed by atoms with Gasteiger partial charge >= 0.3 is 0 Å². The number of hydrogen-bond acceptors (Lipinski definition) is 5. The van der Waals surface area contributed by atoms with Gasteiger partial charge < -0.3 is 15.6 Å². The van der Waals surface area contributed by atoms with Crippen molar-refractivity contribution in [2.75, 3.05) is 20.1 Å². The van der Waals surface area contributed by atoms with Crippen molar-refractivity contribution in [3.05, 3.63) is 12.2 Å². The molecule has 1 amide bonds. The number of rotatable bonds is 6. The van der Waals surface area contributed by atoms with Crippen molar-refractivity contribution >= 4 is 5.91 Å². The van der Waals surface area contributed by atoms with Gasteiger partial charge in [-0.15, -0.1) is 10.2 Å². The Balaban J connectivity index is 1.80. The summed E-state index contributed by atoms with van der Waals surface area (Å²) >= 11 is 0. The quantitative estimate of drug-likeness (QED) is 0.713. The zero-order valence-corrected chi connectivity index (χ0v) is 11.6. The maximum atomic E-state index is 11.4. The summed E-state index contributed by atoms with van der Waals surface area (Å²) in [5.41, 5.74) is 4.80. The molecule has 0 fully saturated rings. The normalized spacial score (nSPS) is 18.8. The molecule has 2 rings (SSSR count). The van der Waals surface area contributed by atoms with Gasteiger partial charge in [-0.05, 0) is 33.4 Å². The zero-order valence-electron chi connectivity index (χ0n) is 11.6. The first-order chi connectivity index (χ1) is 9.05. The number of primary amides is 1. The first kappa shape index (κ1) is 14.0. The van der Waals surface area contributed by atoms with E-state index < -0.39 is 5.54 Å². The van der Waals surface area contributed by atoms with E-state index in [1.54, 1.807) is 13.4 Å². The molecule has 3 N–H and O–H groups in total. The summed E-state index contributed by atoms with van der Waals surface area (Å²) in [6.07, 6.45) is 3.44. The molecule has 0 aliphatic carbocycles. The molecule has 1 aliphatic rings. The van der Waals surface area contributed by atoms with Gasteiger partial charge in [0.05, 0.1) is 12.1 Å². The van der Waals surface area contributed by atoms with E-state index in [1.165, 1.54) is 0 Å². The Bertz CT molecular complexity index is 445. The second-order valence-electron chi connectivity index (χ2n) is 5.27. The smallest absolute Gasteiger partial charge is 0.237 e. The minimum Gasteiger partial charge on any atom is -0.368 e. The van der Waals surface area contributed by atoms with Crippen molar-refractivity contribution < 1.29 is 4.79 Å². The highest BCUT2D eigenvalue weighted by Crippen LogP contribution is 2.14. The van der Waals surface area contributed by atoms with Gasteiger partial charge in [0.15, 0.2) is 0 Å². The molecule has 2 heterocycles. The van der Waals surface area contributed by atoms with Crippen molar-refractivity contribution in [3.8, 4) is 0 Å². The van der Waals surface area contributed by atoms with Gasteiger partial charge in [-0.3, -0.25) is 9.69 Å². The SMILES string of the molecule is CNC(C)(CCCN1CCn2cnnc2C1)C(N)=O. The van der Waals surface area contributed by atoms with E-state index in [4.69, 9.17) is 5.73 Å². The van der Waals surface area contributed by atoms with Gasteiger partial charge in [0.2, 0.25) is 5.91 Å². The molecule has 1 aromatic rings. The van der Waals surface area contributed by atoms with E-state index in [0.717, 1.165) is 44.8 Å². The van der Waals surface area contributed by atoms with Gasteiger partial charge in [0.25, 0.3) is 0 Å². The molecule has 0 spiro atoms. The van der Waals surface area contributed by atoms with Gasteiger partial charge in [-0.25, -0.2) is 0 Å². The molecule has 7 nitrogen and oxygen atoms in total. The predicted molar refractivity (Wildman–Crippen MR) is 71.2 cm³/mol. The van der Waals surface area contributed by atoms with Crippen LogP contribution in [0.25, 0.3) is 0 Å². The fourth-order valence-corrected chi connectivity index (χ4v) is 2.33. The van der Waals surface area contributed by atoms with Crippen LogP contribution in [0.4, 0.5) is 0 Å². The van der Waals surface area contributed by atoms with Crippen molar-refractivity contribution in [1.29, 1.82) is 0 Å². The summed E-state index contributed by atoms with van der Waals surface area (Å²) in [6, 6.07) is 0. The Morgan fingerprint density at radius 2 is 2.37 bits per heavy atom. The zero-order chi connectivity index (χ0) is 13.9. The Hall–Kier alpha value is -1.47. The number of carbonyl (C=O) groups is 1. The molecule has 0 saturated carbocycles. The van der Waals surface area contributed by atoms with Crippen LogP contribution in [0.1, 0.15) is 25.6 Å². The molecule has 0 aromatic carbocycles. The van der Waals surface area contributed by atoms with Crippen LogP contribution >= 0.6 is 0 Å². The largest absolute Gasteiger partial charge is 0.368 e. The minimum absolute atomic E-state index is 0.298. The fraction of sp³-hybridized carbons (Fsp3) is 0.750. The lowest BCUT2D eigenvalue weighted by atomic mass is 9.95. The average Bonchev–Trinajstić information content (AvgIpc) is 2.85. The number of aromatic nitrogens is 3. The maximum absolute atomic E-state index is 11.4. The van der Waals surface area contributed by atoms with E-state index in [1.807, 2.05) is 6.92 Å². The van der Waals surface area contributed by atoms with Crippen LogP contribution in [-0.4, -0.2) is 51.2 Å². The molecule has 1 unspecified atom stereocenters. The van der Waals surface area contributed by atoms with E-state index in [-0.39, 0.29) is 5.91 Å². The number of hydrogen-bond donors (Lipinski definition) is 2. The van der Waals surface area contributed by atoms with Crippen LogP contribution < -0.4 is 11.1 Å². The lowest BCUT2D eigenvalue weighted by Crippen LogP contribution is -2.51. The third-order valence-corrected chi connectivity index (χ3v) is 3.96. The standard InChI is InChI=1S/C12H22N6O/c1-12(14-2,11(13)19)4-3-5-17-6-7-18-9-15-16-10(18)8-17/h9,14H,3-8H2,1-2H3,(H2,13,19). The molecular formula is C12H22N6O. The van der Waals surface area contributed by atoms with Gasteiger partial charge in [0.1, 0.15) is 12.2 Å². The van der Waals surface area contributed by atoms with E-state index in [0.29, 0.717) is 0 Å². The number of fused-ring (bicyclic) bond motifs is 1. The van der Waals surface area contributed by atoms with Crippen LogP contribution in [0.3, 0.4) is 0 Å². The number of nitrogens with two attached hydrogens (primary N) is 1. The van der Waals surface area contributed by atoms with Crippen LogP contribution in [0.2, 0.25) is 0 Å². The first-order valence-corrected chi connectivity index (χ1v) is 6.63. The van der Waals surface area contributed by atoms with Gasteiger partial charge in [0, 0.05) is 13.1 Å². The number of nitrogens with one attached hydrogen (secondary N) is 1. The van der Waals surface area contributed by atoms with Crippen molar-refractivity contribution in [2.24, 2.45) is 5.73 Å². The Morgan fingerprint density at radius 1 is 1.58 bits per heavy atom. The molecule has 1 aliphatic heterocycles. The Kier molecular flexibility index (Phi) is 4.16. The highest BCUT2D eigenvalue weighted by molar-refractivity contribution is 5.84. The first-order valence-electron chi connectivity index (χ1n) is 6.63. The van der Waals surface area contributed by atoms with E-state index in [9.17, 15) is 4.79 Å². The fourth-order valence-electron chi connectivity index (χ4n) is 2.33. The highest BCUT2D eigenvalue weighted by Gasteiger charge is 2.28. The lowest BCUT2D eigenvalue weighted by Gasteiger charge is -2.29. The van der Waals surface area contributed by atoms with Gasteiger partial charge in [-0.1, -0.05) is 0 Å². The third-order valence-electron chi connectivity index (χ3n) is 3.96. The average molecular weight is 266 g/mol. The summed E-state index contributed by atoms with van der Waals surface area (Å²) in [5, 5.41) is 11.0. The van der Waals surface area contributed by atoms with Gasteiger partial charge in [-0.2, -0.15) is 0 Å². The van der Waals surface area contributed by atoms with Crippen LogP contribution in [0.15, 0.2) is 6.33 Å². The number of likely N-dealkylation sites (N-methyl/N-ethyl adjacent to an activating group) is 1. The number of carbonyl (C=O) groups excluding carboxylic acids is 1. The molecule has 106 valence electrons. The third kappa shape index (κ3) is 3.10. The second-order valence-corrected chi connectivity index (χ2v) is 5.27. The van der Waals surface area contributed by atoms with Crippen molar-refractivity contribution in [1.82, 2.24) is 25.0 Å². The molecule has 0 radical (unpaired) electrons. The monoisotopic (exact) mass is 266 g/mol. The van der Waals surface area contributed by atoms with E-state index >= 15 is 0 Å². The predicted octanol–water partition coefficient (Wildman–Crippen LogP) is -0.663. The molecule has 19 heavy (non-hydrogen) atoms. The van der Waals surface area contributed by atoms with Crippen LogP contribution in [0, 0.1) is 0 Å². The summed E-state index contributed by atoms with van der Waals surface area (Å²) in [6.45, 7) is 5.55.